The van der Waals surface area contributed by atoms with E-state index in [1.807, 2.05) is 25.1 Å². The van der Waals surface area contributed by atoms with Gasteiger partial charge in [0.1, 0.15) is 31.3 Å². The maximum Gasteiger partial charge on any atom is 0.145 e. The lowest BCUT2D eigenvalue weighted by atomic mass is 10.2. The van der Waals surface area contributed by atoms with Crippen molar-refractivity contribution in [1.29, 1.82) is 0 Å². The van der Waals surface area contributed by atoms with E-state index in [-0.39, 0.29) is 0 Å². The van der Waals surface area contributed by atoms with Gasteiger partial charge in [0.2, 0.25) is 0 Å². The van der Waals surface area contributed by atoms with E-state index in [0.717, 1.165) is 33.1 Å². The molecule has 0 radical (unpaired) electrons. The first-order valence-electron chi connectivity index (χ1n) is 6.02. The largest absolute Gasteiger partial charge is 0.494 e. The number of fused-ring (bicyclic) bond motifs is 3. The van der Waals surface area contributed by atoms with Gasteiger partial charge in [0.25, 0.3) is 0 Å². The highest BCUT2D eigenvalue weighted by Crippen LogP contribution is 2.36. The Hall–Kier alpha value is -0.510. The zero-order valence-electron chi connectivity index (χ0n) is 10.3. The first-order valence-corrected chi connectivity index (χ1v) is 8.18. The van der Waals surface area contributed by atoms with Crippen LogP contribution >= 0.6 is 45.2 Å². The molecule has 1 aromatic carbocycles. The Kier molecular flexibility index (Phi) is 3.88. The first kappa shape index (κ1) is 13.5. The van der Waals surface area contributed by atoms with Crippen molar-refractivity contribution in [2.75, 3.05) is 13.2 Å². The van der Waals surface area contributed by atoms with E-state index < -0.39 is 0 Å². The van der Waals surface area contributed by atoms with Crippen molar-refractivity contribution in [3.63, 3.8) is 0 Å². The third-order valence-electron chi connectivity index (χ3n) is 2.94. The van der Waals surface area contributed by atoms with Crippen LogP contribution in [0.1, 0.15) is 6.92 Å². The third kappa shape index (κ3) is 2.44. The van der Waals surface area contributed by atoms with E-state index in [1.54, 1.807) is 0 Å². The van der Waals surface area contributed by atoms with Gasteiger partial charge in [-0.1, -0.05) is 0 Å². The Morgan fingerprint density at radius 1 is 1.42 bits per heavy atom. The summed E-state index contributed by atoms with van der Waals surface area (Å²) in [7, 11) is 0. The molecule has 0 saturated carbocycles. The van der Waals surface area contributed by atoms with E-state index in [4.69, 9.17) is 9.47 Å². The maximum absolute atomic E-state index is 5.82. The second kappa shape index (κ2) is 5.47. The van der Waals surface area contributed by atoms with Crippen LogP contribution in [0, 0.1) is 7.40 Å². The minimum absolute atomic E-state index is 0.651. The van der Waals surface area contributed by atoms with E-state index in [2.05, 4.69) is 54.7 Å². The lowest BCUT2D eigenvalue weighted by Crippen LogP contribution is -2.07. The number of benzene rings is 1. The summed E-state index contributed by atoms with van der Waals surface area (Å²) < 4.78 is 15.7. The summed E-state index contributed by atoms with van der Waals surface area (Å²) in [5, 5.41) is 0. The molecular weight excluding hydrogens is 470 g/mol. The summed E-state index contributed by atoms with van der Waals surface area (Å²) in [5.41, 5.74) is 1.03. The third-order valence-corrected chi connectivity index (χ3v) is 5.82. The Morgan fingerprint density at radius 3 is 3.05 bits per heavy atom. The molecule has 3 rings (SSSR count). The van der Waals surface area contributed by atoms with Gasteiger partial charge in [0, 0.05) is 6.07 Å². The highest BCUT2D eigenvalue weighted by molar-refractivity contribution is 14.1. The average molecular weight is 482 g/mol. The van der Waals surface area contributed by atoms with Gasteiger partial charge >= 0.3 is 0 Å². The molecule has 1 aliphatic rings. The van der Waals surface area contributed by atoms with Crippen molar-refractivity contribution in [2.45, 2.75) is 13.5 Å². The van der Waals surface area contributed by atoms with Crippen LogP contribution in [0.4, 0.5) is 0 Å². The smallest absolute Gasteiger partial charge is 0.145 e. The van der Waals surface area contributed by atoms with Gasteiger partial charge in [-0.15, -0.1) is 0 Å². The zero-order valence-corrected chi connectivity index (χ0v) is 14.6. The van der Waals surface area contributed by atoms with Crippen LogP contribution in [-0.2, 0) is 6.54 Å². The molecule has 0 unspecified atom stereocenters. The van der Waals surface area contributed by atoms with Crippen LogP contribution in [0.2, 0.25) is 0 Å². The van der Waals surface area contributed by atoms with Gasteiger partial charge in [-0.2, -0.15) is 0 Å². The molecule has 0 amide bonds. The normalized spacial score (nSPS) is 13.2. The van der Waals surface area contributed by atoms with Crippen molar-refractivity contribution in [3.8, 4) is 22.9 Å². The van der Waals surface area contributed by atoms with Crippen LogP contribution in [0.3, 0.4) is 0 Å². The van der Waals surface area contributed by atoms with E-state index in [9.17, 15) is 0 Å². The fourth-order valence-corrected chi connectivity index (χ4v) is 3.23. The summed E-state index contributed by atoms with van der Waals surface area (Å²) in [6.07, 6.45) is 0. The fourth-order valence-electron chi connectivity index (χ4n) is 2.12. The number of hydrogen-bond acceptors (Lipinski definition) is 3. The fraction of sp³-hybridized carbons (Fsp3) is 0.308. The predicted octanol–water partition coefficient (Wildman–Crippen LogP) is 3.55. The van der Waals surface area contributed by atoms with Crippen LogP contribution in [-0.4, -0.2) is 22.8 Å². The van der Waals surface area contributed by atoms with Crippen LogP contribution in [0.5, 0.6) is 11.5 Å². The molecule has 0 atom stereocenters. The van der Waals surface area contributed by atoms with Crippen molar-refractivity contribution in [3.05, 3.63) is 25.6 Å². The van der Waals surface area contributed by atoms with E-state index in [0.29, 0.717) is 13.2 Å². The number of rotatable bonds is 2. The summed E-state index contributed by atoms with van der Waals surface area (Å²) in [6.45, 7) is 4.10. The molecule has 0 saturated heterocycles. The molecule has 1 aromatic heterocycles. The van der Waals surface area contributed by atoms with Gasteiger partial charge in [-0.3, -0.25) is 0 Å². The van der Waals surface area contributed by atoms with Gasteiger partial charge in [0.15, 0.2) is 0 Å². The summed E-state index contributed by atoms with van der Waals surface area (Å²) in [6, 6.07) is 5.94. The number of nitrogens with zero attached hydrogens (tertiary/aromatic N) is 2. The van der Waals surface area contributed by atoms with Gasteiger partial charge in [-0.25, -0.2) is 4.98 Å². The molecule has 6 heteroatoms. The lowest BCUT2D eigenvalue weighted by Gasteiger charge is -2.09. The molecule has 19 heavy (non-hydrogen) atoms. The Labute approximate surface area is 138 Å². The van der Waals surface area contributed by atoms with Crippen molar-refractivity contribution in [1.82, 2.24) is 9.55 Å². The number of aromatic nitrogens is 2. The van der Waals surface area contributed by atoms with Crippen molar-refractivity contribution < 1.29 is 9.47 Å². The molecule has 0 spiro atoms. The van der Waals surface area contributed by atoms with E-state index >= 15 is 0 Å². The average Bonchev–Trinajstić information content (AvgIpc) is 2.59. The van der Waals surface area contributed by atoms with Crippen LogP contribution < -0.4 is 9.47 Å². The highest BCUT2D eigenvalue weighted by atomic mass is 127. The van der Waals surface area contributed by atoms with E-state index in [1.165, 1.54) is 3.70 Å². The molecule has 0 aliphatic carbocycles. The van der Waals surface area contributed by atoms with Gasteiger partial charge in [-0.05, 0) is 64.2 Å². The molecule has 0 bridgehead atoms. The number of imidazole rings is 1. The summed E-state index contributed by atoms with van der Waals surface area (Å²) >= 11 is 4.60. The second-order valence-corrected chi connectivity index (χ2v) is 6.15. The minimum atomic E-state index is 0.651. The minimum Gasteiger partial charge on any atom is -0.494 e. The molecule has 0 fully saturated rings. The molecular formula is C13H12I2N2O2. The number of halogens is 2. The maximum atomic E-state index is 5.82. The number of hydrogen-bond donors (Lipinski definition) is 0. The van der Waals surface area contributed by atoms with Gasteiger partial charge < -0.3 is 14.0 Å². The number of ether oxygens (including phenoxy) is 2. The second-order valence-electron chi connectivity index (χ2n) is 4.11. The molecule has 1 aliphatic heterocycles. The zero-order chi connectivity index (χ0) is 13.4. The molecule has 100 valence electrons. The van der Waals surface area contributed by atoms with Crippen LogP contribution in [0.15, 0.2) is 18.2 Å². The summed E-state index contributed by atoms with van der Waals surface area (Å²) in [4.78, 5) is 4.65. The molecule has 4 nitrogen and oxygen atoms in total. The van der Waals surface area contributed by atoms with Crippen LogP contribution in [0.25, 0.3) is 11.4 Å². The Balaban J connectivity index is 2.13. The molecule has 2 aromatic rings. The SMILES string of the molecule is CCOc1ccc2c(c1)OCCn1c-2nc(I)c1I. The molecule has 2 heterocycles. The quantitative estimate of drug-likeness (QED) is 0.615. The molecule has 0 N–H and O–H groups in total. The highest BCUT2D eigenvalue weighted by Gasteiger charge is 2.21. The first-order chi connectivity index (χ1) is 9.20. The van der Waals surface area contributed by atoms with Crippen molar-refractivity contribution >= 4 is 45.2 Å². The lowest BCUT2D eigenvalue weighted by molar-refractivity contribution is 0.300. The standard InChI is InChI=1S/C13H12I2N2O2/c1-2-18-8-3-4-9-10(7-8)19-6-5-17-12(15)11(14)16-13(9)17/h3-4,7H,2,5-6H2,1H3. The topological polar surface area (TPSA) is 36.3 Å². The Morgan fingerprint density at radius 2 is 2.26 bits per heavy atom. The summed E-state index contributed by atoms with van der Waals surface area (Å²) in [5.74, 6) is 2.66. The van der Waals surface area contributed by atoms with Crippen molar-refractivity contribution in [2.24, 2.45) is 0 Å². The Bertz CT molecular complexity index is 625. The van der Waals surface area contributed by atoms with Gasteiger partial charge in [0.05, 0.1) is 18.7 Å². The predicted molar refractivity (Wildman–Crippen MR) is 89.8 cm³/mol. The monoisotopic (exact) mass is 482 g/mol.